The van der Waals surface area contributed by atoms with E-state index in [2.05, 4.69) is 17.1 Å². The van der Waals surface area contributed by atoms with Crippen LogP contribution in [-0.2, 0) is 6.54 Å². The number of anilines is 1. The van der Waals surface area contributed by atoms with Gasteiger partial charge in [-0.3, -0.25) is 0 Å². The summed E-state index contributed by atoms with van der Waals surface area (Å²) in [5, 5.41) is 4.49. The molecule has 1 N–H and O–H groups in total. The maximum atomic E-state index is 4.79. The summed E-state index contributed by atoms with van der Waals surface area (Å²) >= 11 is 1.88. The lowest BCUT2D eigenvalue weighted by Gasteiger charge is -2.44. The van der Waals surface area contributed by atoms with Crippen LogP contribution >= 0.6 is 11.3 Å². The zero-order valence-electron chi connectivity index (χ0n) is 12.9. The zero-order chi connectivity index (χ0) is 14.0. The van der Waals surface area contributed by atoms with E-state index >= 15 is 0 Å². The number of hydrogen-bond donors (Lipinski definition) is 1. The van der Waals surface area contributed by atoms with Gasteiger partial charge in [0.15, 0.2) is 5.13 Å². The number of aryl methyl sites for hydroxylation is 1. The Hall–Kier alpha value is -0.610. The molecule has 3 nitrogen and oxygen atoms in total. The summed E-state index contributed by atoms with van der Waals surface area (Å²) in [4.78, 5) is 8.70. The molecule has 2 fully saturated rings. The fourth-order valence-corrected chi connectivity index (χ4v) is 4.97. The highest BCUT2D eigenvalue weighted by atomic mass is 32.1. The third-order valence-electron chi connectivity index (χ3n) is 5.23. The van der Waals surface area contributed by atoms with Crippen molar-refractivity contribution in [2.24, 2.45) is 5.41 Å². The van der Waals surface area contributed by atoms with Crippen molar-refractivity contribution in [2.45, 2.75) is 58.4 Å². The maximum Gasteiger partial charge on any atom is 0.185 e. The van der Waals surface area contributed by atoms with Gasteiger partial charge in [-0.2, -0.15) is 0 Å². The lowest BCUT2D eigenvalue weighted by Crippen LogP contribution is -2.41. The van der Waals surface area contributed by atoms with E-state index in [-0.39, 0.29) is 0 Å². The minimum atomic E-state index is 0.689. The van der Waals surface area contributed by atoms with Crippen LogP contribution in [0, 0.1) is 12.3 Å². The molecule has 0 atom stereocenters. The molecule has 1 aromatic heterocycles. The van der Waals surface area contributed by atoms with Gasteiger partial charge in [-0.25, -0.2) is 4.98 Å². The number of hydrogen-bond acceptors (Lipinski definition) is 4. The van der Waals surface area contributed by atoms with Crippen molar-refractivity contribution in [3.05, 3.63) is 10.6 Å². The van der Waals surface area contributed by atoms with Gasteiger partial charge in [0, 0.05) is 24.5 Å². The van der Waals surface area contributed by atoms with Gasteiger partial charge in [0.25, 0.3) is 0 Å². The monoisotopic (exact) mass is 293 g/mol. The molecule has 112 valence electrons. The molecule has 3 rings (SSSR count). The second-order valence-corrected chi connectivity index (χ2v) is 7.65. The van der Waals surface area contributed by atoms with Crippen LogP contribution in [0.25, 0.3) is 0 Å². The molecule has 0 radical (unpaired) electrons. The Morgan fingerprint density at radius 2 is 1.85 bits per heavy atom. The lowest BCUT2D eigenvalue weighted by atomic mass is 9.68. The van der Waals surface area contributed by atoms with E-state index in [1.807, 2.05) is 18.4 Å². The van der Waals surface area contributed by atoms with Gasteiger partial charge in [-0.1, -0.05) is 19.3 Å². The van der Waals surface area contributed by atoms with Crippen molar-refractivity contribution in [3.8, 4) is 0 Å². The van der Waals surface area contributed by atoms with Crippen molar-refractivity contribution in [1.82, 2.24) is 10.3 Å². The molecule has 2 heterocycles. The highest BCUT2D eigenvalue weighted by Crippen LogP contribution is 2.45. The van der Waals surface area contributed by atoms with Gasteiger partial charge in [0.1, 0.15) is 0 Å². The van der Waals surface area contributed by atoms with Crippen molar-refractivity contribution in [3.63, 3.8) is 0 Å². The zero-order valence-corrected chi connectivity index (χ0v) is 13.7. The lowest BCUT2D eigenvalue weighted by molar-refractivity contribution is 0.144. The first-order valence-corrected chi connectivity index (χ1v) is 8.90. The molecule has 1 saturated carbocycles. The quantitative estimate of drug-likeness (QED) is 0.920. The van der Waals surface area contributed by atoms with E-state index < -0.39 is 0 Å². The molecular weight excluding hydrogens is 266 g/mol. The van der Waals surface area contributed by atoms with E-state index in [0.29, 0.717) is 5.41 Å². The summed E-state index contributed by atoms with van der Waals surface area (Å²) in [6, 6.07) is 0. The molecule has 1 spiro atoms. The van der Waals surface area contributed by atoms with Gasteiger partial charge in [-0.15, -0.1) is 11.3 Å². The van der Waals surface area contributed by atoms with Crippen LogP contribution in [0.3, 0.4) is 0 Å². The number of nitrogens with one attached hydrogen (secondary N) is 1. The summed E-state index contributed by atoms with van der Waals surface area (Å²) in [5.74, 6) is 0. The standard InChI is InChI=1S/C16H27N3S/c1-13-14(12-17-2)20-15(18-13)19-10-8-16(9-11-19)6-4-3-5-7-16/h17H,3-12H2,1-2H3. The Bertz CT molecular complexity index is 439. The van der Waals surface area contributed by atoms with E-state index in [0.717, 1.165) is 6.54 Å². The molecule has 0 bridgehead atoms. The molecular formula is C16H27N3S. The minimum Gasteiger partial charge on any atom is -0.348 e. The van der Waals surface area contributed by atoms with Crippen molar-refractivity contribution in [2.75, 3.05) is 25.0 Å². The fraction of sp³-hybridized carbons (Fsp3) is 0.812. The first-order chi connectivity index (χ1) is 9.72. The van der Waals surface area contributed by atoms with Crippen LogP contribution in [0.4, 0.5) is 5.13 Å². The van der Waals surface area contributed by atoms with Crippen LogP contribution in [0.15, 0.2) is 0 Å². The second kappa shape index (κ2) is 6.02. The Morgan fingerprint density at radius 1 is 1.15 bits per heavy atom. The van der Waals surface area contributed by atoms with Crippen molar-refractivity contribution in [1.29, 1.82) is 0 Å². The highest BCUT2D eigenvalue weighted by Gasteiger charge is 2.36. The molecule has 4 heteroatoms. The van der Waals surface area contributed by atoms with Crippen LogP contribution in [0.5, 0.6) is 0 Å². The maximum absolute atomic E-state index is 4.79. The number of aromatic nitrogens is 1. The van der Waals surface area contributed by atoms with Crippen molar-refractivity contribution < 1.29 is 0 Å². The Kier molecular flexibility index (Phi) is 4.32. The SMILES string of the molecule is CNCc1sc(N2CCC3(CCCCC3)CC2)nc1C. The fourth-order valence-electron chi connectivity index (χ4n) is 3.85. The van der Waals surface area contributed by atoms with Gasteiger partial charge < -0.3 is 10.2 Å². The number of nitrogens with zero attached hydrogens (tertiary/aromatic N) is 2. The first kappa shape index (κ1) is 14.3. The molecule has 1 aliphatic carbocycles. The summed E-state index contributed by atoms with van der Waals surface area (Å²) in [5.41, 5.74) is 1.90. The summed E-state index contributed by atoms with van der Waals surface area (Å²) in [6.07, 6.45) is 10.1. The van der Waals surface area contributed by atoms with E-state index in [9.17, 15) is 0 Å². The summed E-state index contributed by atoms with van der Waals surface area (Å²) in [7, 11) is 2.01. The topological polar surface area (TPSA) is 28.2 Å². The van der Waals surface area contributed by atoms with Gasteiger partial charge in [0.05, 0.1) is 5.69 Å². The van der Waals surface area contributed by atoms with E-state index in [4.69, 9.17) is 4.98 Å². The number of rotatable bonds is 3. The first-order valence-electron chi connectivity index (χ1n) is 8.08. The third kappa shape index (κ3) is 2.86. The van der Waals surface area contributed by atoms with E-state index in [1.165, 1.54) is 73.7 Å². The van der Waals surface area contributed by atoms with Crippen LogP contribution < -0.4 is 10.2 Å². The Balaban J connectivity index is 1.64. The van der Waals surface area contributed by atoms with Gasteiger partial charge >= 0.3 is 0 Å². The molecule has 20 heavy (non-hydrogen) atoms. The van der Waals surface area contributed by atoms with Gasteiger partial charge in [0.2, 0.25) is 0 Å². The minimum absolute atomic E-state index is 0.689. The average Bonchev–Trinajstić information content (AvgIpc) is 2.82. The molecule has 1 saturated heterocycles. The molecule has 2 aliphatic rings. The predicted octanol–water partition coefficient (Wildman–Crippen LogP) is 3.72. The predicted molar refractivity (Wildman–Crippen MR) is 86.6 cm³/mol. The van der Waals surface area contributed by atoms with Crippen molar-refractivity contribution >= 4 is 16.5 Å². The van der Waals surface area contributed by atoms with Crippen LogP contribution in [0.2, 0.25) is 0 Å². The number of thiazole rings is 1. The summed E-state index contributed by atoms with van der Waals surface area (Å²) in [6.45, 7) is 5.51. The van der Waals surface area contributed by atoms with Crippen LogP contribution in [-0.4, -0.2) is 25.1 Å². The Morgan fingerprint density at radius 3 is 2.50 bits per heavy atom. The molecule has 0 aromatic carbocycles. The van der Waals surface area contributed by atoms with E-state index in [1.54, 1.807) is 0 Å². The average molecular weight is 293 g/mol. The van der Waals surface area contributed by atoms with Crippen LogP contribution in [0.1, 0.15) is 55.5 Å². The Labute approximate surface area is 126 Å². The molecule has 1 aliphatic heterocycles. The normalized spacial score (nSPS) is 22.4. The summed E-state index contributed by atoms with van der Waals surface area (Å²) < 4.78 is 0. The third-order valence-corrected chi connectivity index (χ3v) is 6.45. The second-order valence-electron chi connectivity index (χ2n) is 6.58. The molecule has 1 aromatic rings. The molecule has 0 unspecified atom stereocenters. The molecule has 0 amide bonds. The number of piperidine rings is 1. The largest absolute Gasteiger partial charge is 0.348 e. The smallest absolute Gasteiger partial charge is 0.185 e. The highest BCUT2D eigenvalue weighted by molar-refractivity contribution is 7.15. The van der Waals surface area contributed by atoms with Gasteiger partial charge in [-0.05, 0) is 45.1 Å².